The van der Waals surface area contributed by atoms with Crippen molar-refractivity contribution in [3.8, 4) is 0 Å². The summed E-state index contributed by atoms with van der Waals surface area (Å²) in [6.45, 7) is 10.8. The summed E-state index contributed by atoms with van der Waals surface area (Å²) < 4.78 is 0. The maximum Gasteiger partial charge on any atom is 0.0901 e. The third kappa shape index (κ3) is 5.18. The Hall–Kier alpha value is -0.890. The molecule has 1 rings (SSSR count). The van der Waals surface area contributed by atoms with Gasteiger partial charge in [0.25, 0.3) is 0 Å². The number of aromatic nitrogens is 1. The van der Waals surface area contributed by atoms with Gasteiger partial charge < -0.3 is 6.42 Å². The first-order chi connectivity index (χ1) is 8.52. The molecule has 0 unspecified atom stereocenters. The lowest BCUT2D eigenvalue weighted by molar-refractivity contribution is 0.695. The first-order valence-electron chi connectivity index (χ1n) is 6.56. The van der Waals surface area contributed by atoms with E-state index in [-0.39, 0.29) is 0 Å². The van der Waals surface area contributed by atoms with Crippen LogP contribution in [0.2, 0.25) is 0 Å². The lowest BCUT2D eigenvalue weighted by Crippen LogP contribution is -1.95. The molecule has 0 aliphatic carbocycles. The normalized spacial score (nSPS) is 14.9. The number of hydrogen-bond acceptors (Lipinski definition) is 2. The summed E-state index contributed by atoms with van der Waals surface area (Å²) in [4.78, 5) is 4.48. The van der Waals surface area contributed by atoms with E-state index in [1.54, 1.807) is 11.3 Å². The van der Waals surface area contributed by atoms with E-state index in [0.717, 1.165) is 23.5 Å². The van der Waals surface area contributed by atoms with Gasteiger partial charge in [-0.3, -0.25) is 0 Å². The van der Waals surface area contributed by atoms with Gasteiger partial charge in [0, 0.05) is 5.38 Å². The van der Waals surface area contributed by atoms with Crippen molar-refractivity contribution in [2.75, 3.05) is 0 Å². The molecule has 1 aromatic heterocycles. The van der Waals surface area contributed by atoms with E-state index in [1.165, 1.54) is 11.1 Å². The zero-order valence-electron chi connectivity index (χ0n) is 12.2. The highest BCUT2D eigenvalue weighted by molar-refractivity contribution is 7.09. The predicted octanol–water partition coefficient (Wildman–Crippen LogP) is 5.44. The summed E-state index contributed by atoms with van der Waals surface area (Å²) in [5.74, 6) is 0.582. The molecule has 0 saturated heterocycles. The molecule has 1 nitrogen and oxygen atoms in total. The standard InChI is InChI=1S/C16H24NS/c1-6-7-12(2)8-9-13(3)14(4)10-16-11-18-15(5)17-16/h6,8,10-11,13H,7,9H2,1-5H3/q-1/b12-8-,14-10+/t13-/m0/s1. The van der Waals surface area contributed by atoms with Crippen molar-refractivity contribution in [1.82, 2.24) is 4.98 Å². The maximum absolute atomic E-state index is 4.48. The molecule has 0 aliphatic rings. The minimum Gasteiger partial charge on any atom is -0.328 e. The van der Waals surface area contributed by atoms with Crippen LogP contribution in [0.25, 0.3) is 6.08 Å². The Morgan fingerprint density at radius 2 is 2.22 bits per heavy atom. The molecule has 2 heteroatoms. The molecule has 0 radical (unpaired) electrons. The van der Waals surface area contributed by atoms with Crippen molar-refractivity contribution >= 4 is 17.4 Å². The minimum absolute atomic E-state index is 0.582. The van der Waals surface area contributed by atoms with Crippen LogP contribution in [-0.4, -0.2) is 4.98 Å². The topological polar surface area (TPSA) is 12.9 Å². The second kappa shape index (κ2) is 7.52. The molecule has 0 saturated carbocycles. The van der Waals surface area contributed by atoms with Crippen LogP contribution in [0, 0.1) is 19.3 Å². The Morgan fingerprint density at radius 3 is 2.78 bits per heavy atom. The molecule has 18 heavy (non-hydrogen) atoms. The van der Waals surface area contributed by atoms with Crippen LogP contribution in [0.5, 0.6) is 0 Å². The van der Waals surface area contributed by atoms with Gasteiger partial charge in [-0.15, -0.1) is 16.9 Å². The SMILES string of the molecule is C[CH-]C/C(C)=C\C[C@H](C)/C(C)=C/c1csc(C)n1. The molecule has 0 fully saturated rings. The molecule has 0 aromatic carbocycles. The third-order valence-corrected chi connectivity index (χ3v) is 3.93. The van der Waals surface area contributed by atoms with Crippen LogP contribution in [0.1, 0.15) is 51.2 Å². The van der Waals surface area contributed by atoms with E-state index in [0.29, 0.717) is 5.92 Å². The Bertz CT molecular complexity index is 426. The summed E-state index contributed by atoms with van der Waals surface area (Å²) >= 11 is 1.71. The minimum atomic E-state index is 0.582. The average molecular weight is 262 g/mol. The summed E-state index contributed by atoms with van der Waals surface area (Å²) in [7, 11) is 0. The molecule has 1 atom stereocenters. The monoisotopic (exact) mass is 262 g/mol. The summed E-state index contributed by atoms with van der Waals surface area (Å²) in [6.07, 6.45) is 8.99. The van der Waals surface area contributed by atoms with Gasteiger partial charge in [-0.25, -0.2) is 4.98 Å². The fourth-order valence-corrected chi connectivity index (χ4v) is 2.36. The van der Waals surface area contributed by atoms with Gasteiger partial charge >= 0.3 is 0 Å². The van der Waals surface area contributed by atoms with Gasteiger partial charge in [0.1, 0.15) is 0 Å². The van der Waals surface area contributed by atoms with E-state index >= 15 is 0 Å². The van der Waals surface area contributed by atoms with Crippen LogP contribution < -0.4 is 0 Å². The zero-order chi connectivity index (χ0) is 13.5. The highest BCUT2D eigenvalue weighted by Crippen LogP contribution is 2.20. The quantitative estimate of drug-likeness (QED) is 0.491. The van der Waals surface area contributed by atoms with Gasteiger partial charge in [0.15, 0.2) is 0 Å². The fourth-order valence-electron chi connectivity index (χ4n) is 1.79. The lowest BCUT2D eigenvalue weighted by atomic mass is 9.96. The van der Waals surface area contributed by atoms with Gasteiger partial charge in [-0.05, 0) is 39.2 Å². The molecule has 0 bridgehead atoms. The van der Waals surface area contributed by atoms with E-state index in [9.17, 15) is 0 Å². The van der Waals surface area contributed by atoms with Gasteiger partial charge in [0.05, 0.1) is 10.7 Å². The van der Waals surface area contributed by atoms with E-state index in [2.05, 4.69) is 56.6 Å². The van der Waals surface area contributed by atoms with Crippen molar-refractivity contribution < 1.29 is 0 Å². The second-order valence-electron chi connectivity index (χ2n) is 4.98. The molecule has 0 spiro atoms. The number of allylic oxidation sites excluding steroid dienone is 3. The van der Waals surface area contributed by atoms with E-state index in [4.69, 9.17) is 0 Å². The first-order valence-corrected chi connectivity index (χ1v) is 7.44. The van der Waals surface area contributed by atoms with Crippen molar-refractivity contribution in [3.05, 3.63) is 39.7 Å². The average Bonchev–Trinajstić information content (AvgIpc) is 2.72. The number of rotatable bonds is 6. The van der Waals surface area contributed by atoms with Crippen molar-refractivity contribution in [2.45, 2.75) is 47.5 Å². The molecule has 100 valence electrons. The second-order valence-corrected chi connectivity index (χ2v) is 6.04. The van der Waals surface area contributed by atoms with Gasteiger partial charge in [-0.2, -0.15) is 13.3 Å². The van der Waals surface area contributed by atoms with Crippen molar-refractivity contribution in [2.24, 2.45) is 5.92 Å². The number of aryl methyl sites for hydroxylation is 1. The van der Waals surface area contributed by atoms with Crippen molar-refractivity contribution in [1.29, 1.82) is 0 Å². The number of hydrogen-bond donors (Lipinski definition) is 0. The number of nitrogens with zero attached hydrogens (tertiary/aromatic N) is 1. The van der Waals surface area contributed by atoms with Gasteiger partial charge in [-0.1, -0.05) is 18.6 Å². The lowest BCUT2D eigenvalue weighted by Gasteiger charge is -2.11. The molecular formula is C16H24NS-. The Labute approximate surface area is 116 Å². The van der Waals surface area contributed by atoms with Gasteiger partial charge in [0.2, 0.25) is 0 Å². The van der Waals surface area contributed by atoms with Crippen molar-refractivity contribution in [3.63, 3.8) is 0 Å². The molecule has 0 amide bonds. The molecule has 0 aliphatic heterocycles. The third-order valence-electron chi connectivity index (χ3n) is 3.14. The van der Waals surface area contributed by atoms with E-state index < -0.39 is 0 Å². The largest absolute Gasteiger partial charge is 0.328 e. The van der Waals surface area contributed by atoms with Crippen LogP contribution in [0.4, 0.5) is 0 Å². The van der Waals surface area contributed by atoms with E-state index in [1.807, 2.05) is 6.92 Å². The Balaban J connectivity index is 2.58. The molecule has 1 aromatic rings. The first kappa shape index (κ1) is 15.2. The highest BCUT2D eigenvalue weighted by Gasteiger charge is 2.04. The van der Waals surface area contributed by atoms with Crippen LogP contribution >= 0.6 is 11.3 Å². The van der Waals surface area contributed by atoms with Crippen LogP contribution in [-0.2, 0) is 0 Å². The van der Waals surface area contributed by atoms with Crippen LogP contribution in [0.3, 0.4) is 0 Å². The Morgan fingerprint density at radius 1 is 1.50 bits per heavy atom. The zero-order valence-corrected chi connectivity index (χ0v) is 13.0. The summed E-state index contributed by atoms with van der Waals surface area (Å²) in [5.41, 5.74) is 3.97. The summed E-state index contributed by atoms with van der Waals surface area (Å²) in [6, 6.07) is 0. The molecule has 1 heterocycles. The highest BCUT2D eigenvalue weighted by atomic mass is 32.1. The number of thiazole rings is 1. The maximum atomic E-state index is 4.48. The summed E-state index contributed by atoms with van der Waals surface area (Å²) in [5, 5.41) is 3.26. The van der Waals surface area contributed by atoms with Crippen LogP contribution in [0.15, 0.2) is 22.6 Å². The molecular weight excluding hydrogens is 238 g/mol. The Kier molecular flexibility index (Phi) is 6.34. The smallest absolute Gasteiger partial charge is 0.0901 e. The molecule has 0 N–H and O–H groups in total. The fraction of sp³-hybridized carbons (Fsp3) is 0.500. The predicted molar refractivity (Wildman–Crippen MR) is 82.6 cm³/mol.